The molecule has 10 nitrogen and oxygen atoms in total. The van der Waals surface area contributed by atoms with E-state index < -0.39 is 52.0 Å². The molecule has 1 fully saturated rings. The number of benzene rings is 1. The van der Waals surface area contributed by atoms with Gasteiger partial charge in [-0.1, -0.05) is 19.3 Å². The molecule has 0 unspecified atom stereocenters. The first-order valence-corrected chi connectivity index (χ1v) is 13.7. The number of fused-ring (bicyclic) bond motifs is 3. The smallest absolute Gasteiger partial charge is 0.255 e. The molecule has 4 aliphatic carbocycles. The van der Waals surface area contributed by atoms with Crippen molar-refractivity contribution < 1.29 is 34.8 Å². The summed E-state index contributed by atoms with van der Waals surface area (Å²) in [6, 6.07) is 1.88. The summed E-state index contributed by atoms with van der Waals surface area (Å²) in [5.74, 6) is -5.56. The number of phenolic OH excluding ortho intramolecular Hbond substituents is 1. The molecular weight excluding hydrogens is 502 g/mol. The Bertz CT molecular complexity index is 1310. The van der Waals surface area contributed by atoms with E-state index in [2.05, 4.69) is 5.32 Å². The first kappa shape index (κ1) is 27.2. The number of nitrogens with zero attached hydrogens (tertiary/aromatic N) is 1. The van der Waals surface area contributed by atoms with Gasteiger partial charge in [0.05, 0.1) is 5.56 Å². The fourth-order valence-electron chi connectivity index (χ4n) is 7.06. The lowest BCUT2D eigenvalue weighted by Gasteiger charge is -2.46. The van der Waals surface area contributed by atoms with E-state index in [0.717, 1.165) is 12.2 Å². The van der Waals surface area contributed by atoms with Crippen molar-refractivity contribution in [2.75, 3.05) is 25.5 Å². The van der Waals surface area contributed by atoms with Crippen molar-refractivity contribution in [3.8, 4) is 5.75 Å². The van der Waals surface area contributed by atoms with Crippen LogP contribution in [0.4, 0.5) is 5.69 Å². The molecule has 0 heterocycles. The van der Waals surface area contributed by atoms with Gasteiger partial charge >= 0.3 is 0 Å². The summed E-state index contributed by atoms with van der Waals surface area (Å²) in [6.45, 7) is 1.17. The van der Waals surface area contributed by atoms with Crippen LogP contribution in [0.25, 0.3) is 0 Å². The molecule has 39 heavy (non-hydrogen) atoms. The molecule has 0 aliphatic heterocycles. The Morgan fingerprint density at radius 2 is 1.82 bits per heavy atom. The van der Waals surface area contributed by atoms with Crippen molar-refractivity contribution in [2.24, 2.45) is 23.5 Å². The lowest BCUT2D eigenvalue weighted by Crippen LogP contribution is -2.57. The second-order valence-electron chi connectivity index (χ2n) is 11.7. The van der Waals surface area contributed by atoms with Crippen molar-refractivity contribution in [1.29, 1.82) is 0 Å². The molecule has 10 heteroatoms. The summed E-state index contributed by atoms with van der Waals surface area (Å²) in [6.07, 6.45) is 6.21. The number of hydrogen-bond donors (Lipinski definition) is 6. The van der Waals surface area contributed by atoms with Gasteiger partial charge in [-0.05, 0) is 55.7 Å². The number of hydrogen-bond acceptors (Lipinski definition) is 9. The third kappa shape index (κ3) is 4.30. The van der Waals surface area contributed by atoms with Crippen LogP contribution in [-0.4, -0.2) is 64.1 Å². The molecule has 3 atom stereocenters. The van der Waals surface area contributed by atoms with Gasteiger partial charge in [0.15, 0.2) is 11.4 Å². The molecule has 0 spiro atoms. The molecule has 1 aromatic carbocycles. The molecular formula is C29H37N3O7. The first-order chi connectivity index (χ1) is 18.5. The van der Waals surface area contributed by atoms with Crippen LogP contribution in [0.1, 0.15) is 66.4 Å². The van der Waals surface area contributed by atoms with E-state index in [1.54, 1.807) is 0 Å². The van der Waals surface area contributed by atoms with Gasteiger partial charge in [-0.15, -0.1) is 0 Å². The Kier molecular flexibility index (Phi) is 6.97. The molecule has 210 valence electrons. The van der Waals surface area contributed by atoms with Gasteiger partial charge in [0.25, 0.3) is 5.91 Å². The van der Waals surface area contributed by atoms with Crippen LogP contribution in [0.3, 0.4) is 0 Å². The zero-order chi connectivity index (χ0) is 28.2. The maximum absolute atomic E-state index is 13.9. The van der Waals surface area contributed by atoms with Gasteiger partial charge in [0.2, 0.25) is 5.78 Å². The van der Waals surface area contributed by atoms with Gasteiger partial charge < -0.3 is 36.4 Å². The van der Waals surface area contributed by atoms with Crippen molar-refractivity contribution in [1.82, 2.24) is 5.32 Å². The number of nitrogens with two attached hydrogens (primary N) is 1. The van der Waals surface area contributed by atoms with Crippen molar-refractivity contribution in [3.63, 3.8) is 0 Å². The number of carbonyl (C=O) groups is 3. The number of aliphatic hydroxyl groups is 3. The Labute approximate surface area is 227 Å². The quantitative estimate of drug-likeness (QED) is 0.297. The van der Waals surface area contributed by atoms with E-state index in [-0.39, 0.29) is 36.1 Å². The van der Waals surface area contributed by atoms with E-state index in [1.165, 1.54) is 32.1 Å². The first-order valence-electron chi connectivity index (χ1n) is 13.7. The number of amides is 1. The second kappa shape index (κ2) is 9.98. The van der Waals surface area contributed by atoms with Crippen LogP contribution in [0.2, 0.25) is 0 Å². The maximum atomic E-state index is 13.9. The number of carbonyl (C=O) groups excluding carboxylic acids is 3. The predicted molar refractivity (Wildman–Crippen MR) is 143 cm³/mol. The lowest BCUT2D eigenvalue weighted by atomic mass is 9.60. The molecule has 0 bridgehead atoms. The van der Waals surface area contributed by atoms with Crippen molar-refractivity contribution >= 4 is 23.2 Å². The van der Waals surface area contributed by atoms with Crippen LogP contribution in [0, 0.1) is 17.8 Å². The Morgan fingerprint density at radius 1 is 1.13 bits per heavy atom. The third-order valence-corrected chi connectivity index (χ3v) is 9.07. The third-order valence-electron chi connectivity index (χ3n) is 9.07. The molecule has 0 saturated heterocycles. The topological polar surface area (TPSA) is 173 Å². The highest BCUT2D eigenvalue weighted by atomic mass is 16.3. The average molecular weight is 540 g/mol. The van der Waals surface area contributed by atoms with Crippen LogP contribution in [0.5, 0.6) is 5.75 Å². The zero-order valence-corrected chi connectivity index (χ0v) is 22.4. The minimum absolute atomic E-state index is 0.0484. The number of ketones is 2. The monoisotopic (exact) mass is 539 g/mol. The van der Waals surface area contributed by atoms with E-state index in [0.29, 0.717) is 23.6 Å². The fraction of sp³-hybridized carbons (Fsp3) is 0.552. The van der Waals surface area contributed by atoms with Crippen LogP contribution < -0.4 is 16.0 Å². The van der Waals surface area contributed by atoms with E-state index in [1.807, 2.05) is 25.1 Å². The minimum atomic E-state index is -2.56. The maximum Gasteiger partial charge on any atom is 0.255 e. The minimum Gasteiger partial charge on any atom is -0.511 e. The Hall–Kier alpha value is -3.37. The molecule has 4 aliphatic rings. The summed E-state index contributed by atoms with van der Waals surface area (Å²) < 4.78 is 0. The zero-order valence-electron chi connectivity index (χ0n) is 22.4. The number of nitrogens with one attached hydrogen (secondary N) is 1. The summed E-state index contributed by atoms with van der Waals surface area (Å²) in [5, 5.41) is 47.8. The molecule has 1 saturated carbocycles. The Morgan fingerprint density at radius 3 is 2.46 bits per heavy atom. The summed E-state index contributed by atoms with van der Waals surface area (Å²) in [7, 11) is 3.71. The van der Waals surface area contributed by atoms with Gasteiger partial charge in [0, 0.05) is 49.8 Å². The number of phenols is 1. The highest BCUT2D eigenvalue weighted by Crippen LogP contribution is 2.52. The number of Topliss-reactive ketones (excluding diaryl/α,β-unsaturated/α-hetero) is 2. The van der Waals surface area contributed by atoms with E-state index in [4.69, 9.17) is 5.73 Å². The number of primary amides is 1. The fourth-order valence-corrected chi connectivity index (χ4v) is 7.06. The number of anilines is 1. The van der Waals surface area contributed by atoms with Crippen molar-refractivity contribution in [3.05, 3.63) is 45.4 Å². The van der Waals surface area contributed by atoms with E-state index in [9.17, 15) is 34.8 Å². The number of aliphatic hydroxyl groups excluding tert-OH is 2. The molecule has 7 N–H and O–H groups in total. The highest BCUT2D eigenvalue weighted by Gasteiger charge is 2.59. The standard InChI is InChI=1S/C29H37N3O7/c1-32(2)19-10-16(13-31-12-14-6-4-3-5-7-14)24(34)22-18(19)9-15-8-17-11-20(33)23(28(30)38)27(37)29(17,39)26(36)21(15)25(22)35/h10,14-15,17,31,33-34,36,39H,3-9,11-13H2,1-2H3,(H2,30,38)/t15-,17+,29+/m1/s1. The molecule has 1 amide bonds. The SMILES string of the molecule is CN(C)c1cc(CNCC2CCCCC2)c(O)c2c1C[C@H]1C[C@H]3CC(O)=C(C(N)=O)C(=O)[C@@]3(O)C(O)=C1C2=O. The molecule has 0 radical (unpaired) electrons. The Balaban J connectivity index is 1.54. The van der Waals surface area contributed by atoms with E-state index >= 15 is 0 Å². The number of aromatic hydroxyl groups is 1. The van der Waals surface area contributed by atoms with Gasteiger partial charge in [-0.2, -0.15) is 0 Å². The summed E-state index contributed by atoms with van der Waals surface area (Å²) >= 11 is 0. The molecule has 5 rings (SSSR count). The normalized spacial score (nSPS) is 27.3. The van der Waals surface area contributed by atoms with Gasteiger partial charge in [-0.3, -0.25) is 14.4 Å². The van der Waals surface area contributed by atoms with Crippen LogP contribution in [0.15, 0.2) is 28.7 Å². The second-order valence-corrected chi connectivity index (χ2v) is 11.7. The summed E-state index contributed by atoms with van der Waals surface area (Å²) in [4.78, 5) is 40.8. The summed E-state index contributed by atoms with van der Waals surface area (Å²) in [5.41, 5.74) is 3.78. The number of allylic oxidation sites excluding steroid dienone is 2. The van der Waals surface area contributed by atoms with Gasteiger partial charge in [0.1, 0.15) is 22.8 Å². The largest absolute Gasteiger partial charge is 0.511 e. The lowest BCUT2D eigenvalue weighted by molar-refractivity contribution is -0.144. The average Bonchev–Trinajstić information content (AvgIpc) is 2.87. The molecule has 0 aromatic heterocycles. The highest BCUT2D eigenvalue weighted by molar-refractivity contribution is 6.24. The van der Waals surface area contributed by atoms with Crippen molar-refractivity contribution in [2.45, 2.75) is 63.5 Å². The predicted octanol–water partition coefficient (Wildman–Crippen LogP) is 2.32. The van der Waals surface area contributed by atoms with Crippen LogP contribution >= 0.6 is 0 Å². The van der Waals surface area contributed by atoms with Crippen LogP contribution in [-0.2, 0) is 22.6 Å². The van der Waals surface area contributed by atoms with Gasteiger partial charge in [-0.25, -0.2) is 0 Å². The number of rotatable bonds is 6. The molecule has 1 aromatic rings.